The molecule has 0 spiro atoms. The van der Waals surface area contributed by atoms with Crippen molar-refractivity contribution in [3.8, 4) is 0 Å². The highest BCUT2D eigenvalue weighted by Crippen LogP contribution is 2.29. The fourth-order valence-corrected chi connectivity index (χ4v) is 1.60. The summed E-state index contributed by atoms with van der Waals surface area (Å²) in [5.41, 5.74) is 0.388. The van der Waals surface area contributed by atoms with Gasteiger partial charge in [-0.2, -0.15) is 0 Å². The number of carbonyl (C=O) groups is 2. The molecule has 0 fully saturated rings. The summed E-state index contributed by atoms with van der Waals surface area (Å²) < 4.78 is 0. The van der Waals surface area contributed by atoms with Crippen LogP contribution in [-0.2, 0) is 9.59 Å². The Labute approximate surface area is 104 Å². The lowest BCUT2D eigenvalue weighted by Crippen LogP contribution is -2.13. The maximum Gasteiger partial charge on any atom is 0.224 e. The van der Waals surface area contributed by atoms with Crippen LogP contribution in [0.1, 0.15) is 19.8 Å². The van der Waals surface area contributed by atoms with Gasteiger partial charge in [0.2, 0.25) is 5.91 Å². The molecule has 0 atom stereocenters. The van der Waals surface area contributed by atoms with E-state index in [1.54, 1.807) is 18.2 Å². The van der Waals surface area contributed by atoms with Gasteiger partial charge < -0.3 is 10.1 Å². The Morgan fingerprint density at radius 3 is 2.25 bits per heavy atom. The summed E-state index contributed by atoms with van der Waals surface area (Å²) in [6, 6.07) is 4.96. The van der Waals surface area contributed by atoms with Gasteiger partial charge in [0.05, 0.1) is 15.7 Å². The summed E-state index contributed by atoms with van der Waals surface area (Å²) in [5, 5.41) is 3.34. The maximum absolute atomic E-state index is 11.4. The summed E-state index contributed by atoms with van der Waals surface area (Å²) in [7, 11) is 0. The molecule has 3 nitrogen and oxygen atoms in total. The summed E-state index contributed by atoms with van der Waals surface area (Å²) in [6.07, 6.45) is 0.352. The van der Waals surface area contributed by atoms with Crippen LogP contribution in [-0.4, -0.2) is 11.7 Å². The molecule has 0 radical (unpaired) electrons. The second-order valence-corrected chi connectivity index (χ2v) is 4.16. The number of hydrogen-bond donors (Lipinski definition) is 1. The van der Waals surface area contributed by atoms with E-state index in [4.69, 9.17) is 23.2 Å². The molecule has 0 aliphatic rings. The van der Waals surface area contributed by atoms with Gasteiger partial charge in [0.25, 0.3) is 0 Å². The number of amides is 1. The Morgan fingerprint density at radius 1 is 1.19 bits per heavy atom. The minimum atomic E-state index is -0.273. The monoisotopic (exact) mass is 259 g/mol. The van der Waals surface area contributed by atoms with Crippen molar-refractivity contribution >= 4 is 40.6 Å². The van der Waals surface area contributed by atoms with E-state index in [9.17, 15) is 9.59 Å². The summed E-state index contributed by atoms with van der Waals surface area (Å²) in [6.45, 7) is 1.44. The molecule has 1 aromatic rings. The van der Waals surface area contributed by atoms with Crippen molar-refractivity contribution in [2.75, 3.05) is 5.32 Å². The quantitative estimate of drug-likeness (QED) is 0.902. The molecule has 0 unspecified atom stereocenters. The van der Waals surface area contributed by atoms with E-state index in [2.05, 4.69) is 5.32 Å². The molecular weight excluding hydrogens is 249 g/mol. The van der Waals surface area contributed by atoms with Gasteiger partial charge in [0.15, 0.2) is 0 Å². The minimum Gasteiger partial charge on any atom is -0.324 e. The summed E-state index contributed by atoms with van der Waals surface area (Å²) >= 11 is 11.7. The third kappa shape index (κ3) is 3.83. The van der Waals surface area contributed by atoms with Crippen molar-refractivity contribution in [3.05, 3.63) is 28.2 Å². The van der Waals surface area contributed by atoms with E-state index in [0.29, 0.717) is 15.7 Å². The van der Waals surface area contributed by atoms with Gasteiger partial charge in [0.1, 0.15) is 5.78 Å². The first-order chi connectivity index (χ1) is 7.50. The van der Waals surface area contributed by atoms with E-state index in [1.807, 2.05) is 0 Å². The number of para-hydroxylation sites is 1. The Balaban J connectivity index is 2.66. The van der Waals surface area contributed by atoms with Gasteiger partial charge in [0, 0.05) is 12.8 Å². The van der Waals surface area contributed by atoms with Crippen LogP contribution in [0.25, 0.3) is 0 Å². The molecule has 0 aliphatic heterocycles. The number of benzene rings is 1. The van der Waals surface area contributed by atoms with Crippen LogP contribution < -0.4 is 5.32 Å². The smallest absolute Gasteiger partial charge is 0.224 e. The van der Waals surface area contributed by atoms with Crippen molar-refractivity contribution < 1.29 is 9.59 Å². The van der Waals surface area contributed by atoms with Crippen molar-refractivity contribution in [2.45, 2.75) is 19.8 Å². The lowest BCUT2D eigenvalue weighted by atomic mass is 10.2. The highest BCUT2D eigenvalue weighted by molar-refractivity contribution is 6.39. The van der Waals surface area contributed by atoms with Gasteiger partial charge in [-0.25, -0.2) is 0 Å². The molecule has 1 N–H and O–H groups in total. The van der Waals surface area contributed by atoms with Gasteiger partial charge in [-0.3, -0.25) is 4.79 Å². The second kappa shape index (κ2) is 5.87. The van der Waals surface area contributed by atoms with Crippen LogP contribution in [0, 0.1) is 0 Å². The molecule has 16 heavy (non-hydrogen) atoms. The normalized spacial score (nSPS) is 9.94. The summed E-state index contributed by atoms with van der Waals surface area (Å²) in [5.74, 6) is -0.300. The molecule has 86 valence electrons. The van der Waals surface area contributed by atoms with Gasteiger partial charge >= 0.3 is 0 Å². The van der Waals surface area contributed by atoms with Crippen molar-refractivity contribution in [2.24, 2.45) is 0 Å². The molecular formula is C11H11Cl2NO2. The number of Topliss-reactive ketones (excluding diaryl/α,β-unsaturated/α-hetero) is 1. The van der Waals surface area contributed by atoms with E-state index in [0.717, 1.165) is 0 Å². The molecule has 0 saturated heterocycles. The number of hydrogen-bond acceptors (Lipinski definition) is 2. The predicted octanol–water partition coefficient (Wildman–Crippen LogP) is 3.30. The average molecular weight is 260 g/mol. The van der Waals surface area contributed by atoms with Crippen LogP contribution in [0.3, 0.4) is 0 Å². The molecule has 0 bridgehead atoms. The number of rotatable bonds is 4. The van der Waals surface area contributed by atoms with E-state index >= 15 is 0 Å². The zero-order valence-corrected chi connectivity index (χ0v) is 10.2. The first kappa shape index (κ1) is 13.0. The number of anilines is 1. The van der Waals surface area contributed by atoms with Gasteiger partial charge in [-0.15, -0.1) is 0 Å². The fourth-order valence-electron chi connectivity index (χ4n) is 1.11. The summed E-state index contributed by atoms with van der Waals surface area (Å²) in [4.78, 5) is 22.1. The van der Waals surface area contributed by atoms with Crippen molar-refractivity contribution in [1.82, 2.24) is 0 Å². The number of nitrogens with one attached hydrogen (secondary N) is 1. The number of carbonyl (C=O) groups excluding carboxylic acids is 2. The van der Waals surface area contributed by atoms with Crippen LogP contribution in [0.15, 0.2) is 18.2 Å². The molecule has 0 aliphatic carbocycles. The zero-order chi connectivity index (χ0) is 12.1. The number of ketones is 1. The maximum atomic E-state index is 11.4. The van der Waals surface area contributed by atoms with E-state index in [1.165, 1.54) is 6.92 Å². The zero-order valence-electron chi connectivity index (χ0n) is 8.72. The van der Waals surface area contributed by atoms with Gasteiger partial charge in [-0.1, -0.05) is 29.3 Å². The highest BCUT2D eigenvalue weighted by atomic mass is 35.5. The standard InChI is InChI=1S/C11H11Cl2NO2/c1-7(15)5-6-10(16)14-11-8(12)3-2-4-9(11)13/h2-4H,5-6H2,1H3,(H,14,16). The average Bonchev–Trinajstić information content (AvgIpc) is 2.21. The SMILES string of the molecule is CC(=O)CCC(=O)Nc1c(Cl)cccc1Cl. The van der Waals surface area contributed by atoms with Crippen LogP contribution in [0.2, 0.25) is 10.0 Å². The van der Waals surface area contributed by atoms with Crippen LogP contribution in [0.5, 0.6) is 0 Å². The first-order valence-corrected chi connectivity index (χ1v) is 5.49. The molecule has 0 heterocycles. The van der Waals surface area contributed by atoms with E-state index in [-0.39, 0.29) is 24.5 Å². The Morgan fingerprint density at radius 2 is 1.75 bits per heavy atom. The predicted molar refractivity (Wildman–Crippen MR) is 65.0 cm³/mol. The Bertz CT molecular complexity index is 398. The Kier molecular flexibility index (Phi) is 4.77. The lowest BCUT2D eigenvalue weighted by Gasteiger charge is -2.08. The largest absolute Gasteiger partial charge is 0.324 e. The number of halogens is 2. The molecule has 1 rings (SSSR count). The molecule has 5 heteroatoms. The van der Waals surface area contributed by atoms with Crippen LogP contribution >= 0.6 is 23.2 Å². The van der Waals surface area contributed by atoms with E-state index < -0.39 is 0 Å². The molecule has 0 saturated carbocycles. The first-order valence-electron chi connectivity index (χ1n) is 4.74. The van der Waals surface area contributed by atoms with Crippen molar-refractivity contribution in [1.29, 1.82) is 0 Å². The molecule has 1 aromatic carbocycles. The lowest BCUT2D eigenvalue weighted by molar-refractivity contribution is -0.121. The fraction of sp³-hybridized carbons (Fsp3) is 0.273. The van der Waals surface area contributed by atoms with Crippen LogP contribution in [0.4, 0.5) is 5.69 Å². The highest BCUT2D eigenvalue weighted by Gasteiger charge is 2.09. The topological polar surface area (TPSA) is 46.2 Å². The third-order valence-corrected chi connectivity index (χ3v) is 2.56. The molecule has 1 amide bonds. The second-order valence-electron chi connectivity index (χ2n) is 3.35. The van der Waals surface area contributed by atoms with Crippen molar-refractivity contribution in [3.63, 3.8) is 0 Å². The van der Waals surface area contributed by atoms with Gasteiger partial charge in [-0.05, 0) is 19.1 Å². The minimum absolute atomic E-state index is 0.0274. The Hall–Kier alpha value is -1.06. The third-order valence-electron chi connectivity index (χ3n) is 1.93. The molecule has 0 aromatic heterocycles.